The topological polar surface area (TPSA) is 117 Å². The predicted octanol–water partition coefficient (Wildman–Crippen LogP) is 1.69. The molecule has 36 heavy (non-hydrogen) atoms. The highest BCUT2D eigenvalue weighted by Gasteiger charge is 2.30. The number of alkyl halides is 2. The van der Waals surface area contributed by atoms with Crippen molar-refractivity contribution in [2.24, 2.45) is 5.92 Å². The summed E-state index contributed by atoms with van der Waals surface area (Å²) < 4.78 is 53.2. The van der Waals surface area contributed by atoms with Crippen molar-refractivity contribution in [3.05, 3.63) is 36.4 Å². The lowest BCUT2D eigenvalue weighted by molar-refractivity contribution is -0.127. The molecule has 0 bridgehead atoms. The van der Waals surface area contributed by atoms with Crippen LogP contribution in [0.1, 0.15) is 25.0 Å². The first-order chi connectivity index (χ1) is 17.0. The summed E-state index contributed by atoms with van der Waals surface area (Å²) in [6, 6.07) is 4.44. The Hall–Kier alpha value is -3.26. The van der Waals surface area contributed by atoms with E-state index in [0.717, 1.165) is 23.4 Å². The van der Waals surface area contributed by atoms with Gasteiger partial charge in [-0.15, -0.1) is 0 Å². The molecule has 1 amide bonds. The molecule has 0 radical (unpaired) electrons. The van der Waals surface area contributed by atoms with Crippen LogP contribution in [0.3, 0.4) is 0 Å². The van der Waals surface area contributed by atoms with Crippen molar-refractivity contribution >= 4 is 27.4 Å². The zero-order chi connectivity index (χ0) is 26.0. The lowest BCUT2D eigenvalue weighted by Crippen LogP contribution is -2.47. The van der Waals surface area contributed by atoms with E-state index in [2.05, 4.69) is 20.1 Å². The van der Waals surface area contributed by atoms with Gasteiger partial charge in [-0.05, 0) is 45.0 Å². The van der Waals surface area contributed by atoms with E-state index in [1.807, 2.05) is 4.90 Å². The number of carbonyl (C=O) groups is 1. The number of nitrogens with zero attached hydrogens (tertiary/aromatic N) is 8. The largest absolute Gasteiger partial charge is 0.356 e. The number of likely N-dealkylation sites (N-methyl/N-ethyl adjacent to an activating group) is 1. The van der Waals surface area contributed by atoms with Crippen molar-refractivity contribution in [1.82, 2.24) is 33.8 Å². The molecule has 4 rings (SSSR count). The van der Waals surface area contributed by atoms with Gasteiger partial charge < -0.3 is 9.80 Å². The van der Waals surface area contributed by atoms with Gasteiger partial charge in [0.15, 0.2) is 5.65 Å². The summed E-state index contributed by atoms with van der Waals surface area (Å²) in [7, 11) is -0.297. The molecule has 0 aliphatic carbocycles. The minimum absolute atomic E-state index is 0.000606. The first kappa shape index (κ1) is 25.8. The third-order valence-electron chi connectivity index (χ3n) is 5.92. The summed E-state index contributed by atoms with van der Waals surface area (Å²) in [5.41, 5.74) is 0.958. The van der Waals surface area contributed by atoms with Gasteiger partial charge in [0.2, 0.25) is 15.9 Å². The lowest BCUT2D eigenvalue weighted by atomic mass is 9.98. The average Bonchev–Trinajstić information content (AvgIpc) is 3.25. The van der Waals surface area contributed by atoms with Gasteiger partial charge in [-0.2, -0.15) is 5.10 Å². The Kier molecular flexibility index (Phi) is 7.45. The number of anilines is 1. The fraction of sp³-hybridized carbons (Fsp3) is 0.500. The third kappa shape index (κ3) is 5.75. The number of sulfonamides is 1. The fourth-order valence-corrected chi connectivity index (χ4v) is 5.18. The quantitative estimate of drug-likeness (QED) is 0.436. The van der Waals surface area contributed by atoms with Gasteiger partial charge in [-0.3, -0.25) is 4.79 Å². The maximum atomic E-state index is 13.2. The highest BCUT2D eigenvalue weighted by molar-refractivity contribution is 7.88. The number of aromatic nitrogens is 5. The minimum atomic E-state index is -3.72. The van der Waals surface area contributed by atoms with Gasteiger partial charge in [-0.25, -0.2) is 41.0 Å². The normalized spacial score (nSPS) is 16.8. The van der Waals surface area contributed by atoms with Crippen molar-refractivity contribution in [2.45, 2.75) is 19.3 Å². The van der Waals surface area contributed by atoms with Crippen molar-refractivity contribution in [3.63, 3.8) is 0 Å². The molecule has 3 aromatic heterocycles. The van der Waals surface area contributed by atoms with E-state index >= 15 is 0 Å². The van der Waals surface area contributed by atoms with Crippen LogP contribution in [0.5, 0.6) is 0 Å². The lowest BCUT2D eigenvalue weighted by Gasteiger charge is -2.36. The molecule has 0 aromatic carbocycles. The summed E-state index contributed by atoms with van der Waals surface area (Å²) in [5.74, 6) is 0.0616. The number of halogens is 2. The number of hydrogen-bond donors (Lipinski definition) is 0. The molecule has 1 unspecified atom stereocenters. The number of fused-ring (bicyclic) bond motifs is 1. The number of rotatable bonds is 8. The van der Waals surface area contributed by atoms with E-state index in [9.17, 15) is 22.0 Å². The zero-order valence-corrected chi connectivity index (χ0v) is 21.1. The first-order valence-electron chi connectivity index (χ1n) is 11.4. The summed E-state index contributed by atoms with van der Waals surface area (Å²) in [4.78, 5) is 29.1. The molecule has 4 heterocycles. The Balaban J connectivity index is 1.55. The molecule has 0 saturated carbocycles. The molecule has 14 heteroatoms. The first-order valence-corrected chi connectivity index (χ1v) is 13.2. The zero-order valence-electron chi connectivity index (χ0n) is 20.3. The second kappa shape index (κ2) is 10.4. The van der Waals surface area contributed by atoms with Crippen molar-refractivity contribution in [2.75, 3.05) is 51.4 Å². The van der Waals surface area contributed by atoms with Gasteiger partial charge >= 0.3 is 0 Å². The minimum Gasteiger partial charge on any atom is -0.356 e. The molecule has 1 saturated heterocycles. The van der Waals surface area contributed by atoms with E-state index in [0.29, 0.717) is 35.9 Å². The van der Waals surface area contributed by atoms with Crippen molar-refractivity contribution in [3.8, 4) is 11.4 Å². The van der Waals surface area contributed by atoms with E-state index in [1.165, 1.54) is 29.2 Å². The summed E-state index contributed by atoms with van der Waals surface area (Å²) in [6.45, 7) is 1.28. The predicted molar refractivity (Wildman–Crippen MR) is 129 cm³/mol. The highest BCUT2D eigenvalue weighted by Crippen LogP contribution is 2.27. The van der Waals surface area contributed by atoms with Crippen LogP contribution in [0.25, 0.3) is 17.0 Å². The maximum Gasteiger partial charge on any atom is 0.282 e. The standard InChI is InChI=1S/C22H28F2N8O3S/c1-29(2)13-21(33)31(36(3,34)35)12-15-5-4-8-30(11-15)20-9-17(26-14-27-20)18-10-25-19-7-6-16(22(23)24)28-32(18)19/h6-7,9-10,14-15,22H,4-5,8,11-13H2,1-3H3. The Morgan fingerprint density at radius 1 is 1.22 bits per heavy atom. The SMILES string of the molecule is CN(C)CC(=O)N(CC1CCCN(c2cc(-c3cnc4ccc(C(F)F)nn34)ncn2)C1)S(C)(=O)=O. The maximum absolute atomic E-state index is 13.2. The van der Waals surface area contributed by atoms with Gasteiger partial charge in [0.25, 0.3) is 6.43 Å². The van der Waals surface area contributed by atoms with Crippen molar-refractivity contribution in [1.29, 1.82) is 0 Å². The molecule has 11 nitrogen and oxygen atoms in total. The Morgan fingerprint density at radius 2 is 2.00 bits per heavy atom. The monoisotopic (exact) mass is 522 g/mol. The number of piperidine rings is 1. The van der Waals surface area contributed by atoms with Crippen LogP contribution < -0.4 is 4.90 Å². The summed E-state index contributed by atoms with van der Waals surface area (Å²) >= 11 is 0. The number of carbonyl (C=O) groups excluding carboxylic acids is 1. The number of hydrogen-bond acceptors (Lipinski definition) is 9. The summed E-state index contributed by atoms with van der Waals surface area (Å²) in [5, 5.41) is 3.99. The second-order valence-electron chi connectivity index (χ2n) is 9.11. The summed E-state index contributed by atoms with van der Waals surface area (Å²) in [6.07, 6.45) is 2.78. The van der Waals surface area contributed by atoms with Crippen LogP contribution in [0.2, 0.25) is 0 Å². The van der Waals surface area contributed by atoms with E-state index in [-0.39, 0.29) is 24.7 Å². The van der Waals surface area contributed by atoms with Crippen LogP contribution in [0.15, 0.2) is 30.7 Å². The van der Waals surface area contributed by atoms with Gasteiger partial charge in [0.05, 0.1) is 24.7 Å². The van der Waals surface area contributed by atoms with E-state index in [4.69, 9.17) is 0 Å². The van der Waals surface area contributed by atoms with Crippen LogP contribution in [-0.4, -0.2) is 94.6 Å². The molecule has 1 atom stereocenters. The molecule has 1 fully saturated rings. The van der Waals surface area contributed by atoms with Crippen molar-refractivity contribution < 1.29 is 22.0 Å². The number of amides is 1. The molecular weight excluding hydrogens is 494 g/mol. The smallest absolute Gasteiger partial charge is 0.282 e. The number of imidazole rings is 1. The molecular formula is C22H28F2N8O3S. The molecule has 3 aromatic rings. The molecule has 1 aliphatic heterocycles. The molecule has 1 aliphatic rings. The van der Waals surface area contributed by atoms with Crippen LogP contribution in [0.4, 0.5) is 14.6 Å². The highest BCUT2D eigenvalue weighted by atomic mass is 32.2. The average molecular weight is 523 g/mol. The third-order valence-corrected chi connectivity index (χ3v) is 7.07. The van der Waals surface area contributed by atoms with Gasteiger partial charge in [0.1, 0.15) is 23.5 Å². The van der Waals surface area contributed by atoms with Crippen LogP contribution in [0, 0.1) is 5.92 Å². The molecule has 0 N–H and O–H groups in total. The fourth-order valence-electron chi connectivity index (χ4n) is 4.27. The Labute approximate surface area is 207 Å². The van der Waals surface area contributed by atoms with E-state index < -0.39 is 22.4 Å². The Bertz CT molecular complexity index is 1350. The van der Waals surface area contributed by atoms with Crippen LogP contribution >= 0.6 is 0 Å². The van der Waals surface area contributed by atoms with Gasteiger partial charge in [0, 0.05) is 25.7 Å². The van der Waals surface area contributed by atoms with Gasteiger partial charge in [-0.1, -0.05) is 0 Å². The molecule has 194 valence electrons. The van der Waals surface area contributed by atoms with E-state index in [1.54, 1.807) is 25.1 Å². The Morgan fingerprint density at radius 3 is 2.69 bits per heavy atom. The molecule has 0 spiro atoms. The van der Waals surface area contributed by atoms with Crippen LogP contribution in [-0.2, 0) is 14.8 Å². The second-order valence-corrected chi connectivity index (χ2v) is 11.0.